The van der Waals surface area contributed by atoms with E-state index in [0.29, 0.717) is 23.7 Å². The van der Waals surface area contributed by atoms with Crippen LogP contribution in [0.4, 0.5) is 0 Å². The first-order chi connectivity index (χ1) is 20.6. The van der Waals surface area contributed by atoms with Gasteiger partial charge in [-0.2, -0.15) is 0 Å². The van der Waals surface area contributed by atoms with Gasteiger partial charge in [-0.15, -0.1) is 5.53 Å². The molecule has 1 aliphatic carbocycles. The zero-order chi connectivity index (χ0) is 30.4. The van der Waals surface area contributed by atoms with Gasteiger partial charge in [0.1, 0.15) is 5.75 Å². The number of rotatable bonds is 7. The fourth-order valence-electron chi connectivity index (χ4n) is 6.65. The Morgan fingerprint density at radius 1 is 1.05 bits per heavy atom. The lowest BCUT2D eigenvalue weighted by Crippen LogP contribution is -2.42. The quantitative estimate of drug-likeness (QED) is 0.201. The maximum Gasteiger partial charge on any atom is 0.355 e. The van der Waals surface area contributed by atoms with Gasteiger partial charge in [0, 0.05) is 33.3 Å². The second-order valence-corrected chi connectivity index (χ2v) is 13.6. The van der Waals surface area contributed by atoms with Crippen molar-refractivity contribution < 1.29 is 19.8 Å². The van der Waals surface area contributed by atoms with Crippen LogP contribution in [0.3, 0.4) is 0 Å². The maximum atomic E-state index is 13.2. The number of phenolic OH excluding ortho intramolecular Hbond substituents is 1. The molecule has 0 saturated heterocycles. The number of nitrogens with zero attached hydrogens (tertiary/aromatic N) is 2. The number of aromatic hydroxyl groups is 1. The van der Waals surface area contributed by atoms with Gasteiger partial charge in [-0.1, -0.05) is 39.2 Å². The largest absolute Gasteiger partial charge is 0.508 e. The molecule has 2 aliphatic heterocycles. The Balaban J connectivity index is 1.62. The lowest BCUT2D eigenvalue weighted by molar-refractivity contribution is -0.133. The highest BCUT2D eigenvalue weighted by atomic mass is 32.2. The van der Waals surface area contributed by atoms with Crippen molar-refractivity contribution in [3.8, 4) is 17.0 Å². The number of fused-ring (bicyclic) bond motifs is 5. The molecule has 6 rings (SSSR count). The molecule has 1 aromatic heterocycles. The molecule has 1 amide bonds. The number of allylic oxidation sites excluding steroid dienone is 1. The molecule has 2 aromatic carbocycles. The summed E-state index contributed by atoms with van der Waals surface area (Å²) in [6.45, 7) is 8.45. The first kappa shape index (κ1) is 29.2. The summed E-state index contributed by atoms with van der Waals surface area (Å²) < 4.78 is 5.22. The molecule has 9 nitrogen and oxygen atoms in total. The third-order valence-corrected chi connectivity index (χ3v) is 9.30. The second-order valence-electron chi connectivity index (χ2n) is 12.2. The number of hydrogen-bond donors (Lipinski definition) is 5. The summed E-state index contributed by atoms with van der Waals surface area (Å²) in [6, 6.07) is 11.4. The van der Waals surface area contributed by atoms with Crippen LogP contribution in [0.1, 0.15) is 87.2 Å². The van der Waals surface area contributed by atoms with Crippen molar-refractivity contribution in [2.75, 3.05) is 0 Å². The van der Waals surface area contributed by atoms with E-state index in [1.807, 2.05) is 57.0 Å². The molecule has 0 bridgehead atoms. The van der Waals surface area contributed by atoms with Gasteiger partial charge in [0.2, 0.25) is 0 Å². The molecule has 3 heterocycles. The first-order valence-electron chi connectivity index (χ1n) is 15.1. The van der Waals surface area contributed by atoms with Gasteiger partial charge in [0.15, 0.2) is 5.70 Å². The first-order valence-corrected chi connectivity index (χ1v) is 16.0. The maximum absolute atomic E-state index is 13.2. The lowest BCUT2D eigenvalue weighted by Gasteiger charge is -2.27. The number of nitrogens with one attached hydrogen (secondary N) is 3. The van der Waals surface area contributed by atoms with Gasteiger partial charge in [-0.3, -0.25) is 20.0 Å². The van der Waals surface area contributed by atoms with Crippen LogP contribution in [-0.4, -0.2) is 43.0 Å². The summed E-state index contributed by atoms with van der Waals surface area (Å²) in [5.41, 5.74) is 13.0. The molecular formula is C33H39N5O4S. The summed E-state index contributed by atoms with van der Waals surface area (Å²) in [5, 5.41) is 23.9. The Kier molecular flexibility index (Phi) is 7.91. The summed E-state index contributed by atoms with van der Waals surface area (Å²) >= 11 is 1.39. The van der Waals surface area contributed by atoms with Crippen molar-refractivity contribution in [3.05, 3.63) is 70.1 Å². The van der Waals surface area contributed by atoms with Crippen molar-refractivity contribution in [2.24, 2.45) is 0 Å². The molecule has 226 valence electrons. The molecule has 1 saturated carbocycles. The predicted molar refractivity (Wildman–Crippen MR) is 171 cm³/mol. The van der Waals surface area contributed by atoms with Gasteiger partial charge in [-0.25, -0.2) is 4.79 Å². The number of aliphatic carboxylic acids is 1. The van der Waals surface area contributed by atoms with Crippen molar-refractivity contribution in [1.82, 2.24) is 25.3 Å². The average Bonchev–Trinajstić information content (AvgIpc) is 3.52. The summed E-state index contributed by atoms with van der Waals surface area (Å²) in [5.74, 6) is -0.691. The van der Waals surface area contributed by atoms with Gasteiger partial charge < -0.3 is 14.8 Å². The van der Waals surface area contributed by atoms with Crippen molar-refractivity contribution in [1.29, 1.82) is 0 Å². The van der Waals surface area contributed by atoms with Gasteiger partial charge >= 0.3 is 5.97 Å². The summed E-state index contributed by atoms with van der Waals surface area (Å²) in [7, 11) is 0. The van der Waals surface area contributed by atoms with Crippen LogP contribution in [0.25, 0.3) is 28.2 Å². The van der Waals surface area contributed by atoms with E-state index in [2.05, 4.69) is 26.3 Å². The van der Waals surface area contributed by atoms with Crippen LogP contribution in [0.15, 0.2) is 53.4 Å². The molecule has 43 heavy (non-hydrogen) atoms. The second kappa shape index (κ2) is 11.7. The Bertz CT molecular complexity index is 1670. The Hall–Kier alpha value is -3.89. The van der Waals surface area contributed by atoms with Gasteiger partial charge in [0.05, 0.1) is 17.9 Å². The molecule has 0 spiro atoms. The van der Waals surface area contributed by atoms with Crippen molar-refractivity contribution in [2.45, 2.75) is 83.6 Å². The van der Waals surface area contributed by atoms with E-state index in [0.717, 1.165) is 46.1 Å². The minimum Gasteiger partial charge on any atom is -0.508 e. The van der Waals surface area contributed by atoms with E-state index in [1.54, 1.807) is 12.1 Å². The molecule has 1 fully saturated rings. The molecule has 3 aromatic rings. The zero-order valence-electron chi connectivity index (χ0n) is 25.0. The van der Waals surface area contributed by atoms with E-state index in [-0.39, 0.29) is 28.6 Å². The van der Waals surface area contributed by atoms with Crippen molar-refractivity contribution >= 4 is 40.8 Å². The number of carboxylic acid groups (broad SMARTS) is 1. The average molecular weight is 602 g/mol. The van der Waals surface area contributed by atoms with Crippen LogP contribution >= 0.6 is 11.9 Å². The van der Waals surface area contributed by atoms with E-state index in [1.165, 1.54) is 36.8 Å². The molecule has 10 heteroatoms. The predicted octanol–water partition coefficient (Wildman–Crippen LogP) is 6.27. The highest BCUT2D eigenvalue weighted by Crippen LogP contribution is 2.47. The molecular weight excluding hydrogens is 562 g/mol. The molecule has 5 N–H and O–H groups in total. The van der Waals surface area contributed by atoms with Crippen LogP contribution in [-0.2, 0) is 11.3 Å². The number of hydrogen-bond acceptors (Lipinski definition) is 7. The monoisotopic (exact) mass is 601 g/mol. The third kappa shape index (κ3) is 5.38. The Morgan fingerprint density at radius 2 is 1.81 bits per heavy atom. The van der Waals surface area contributed by atoms with E-state index in [9.17, 15) is 19.8 Å². The fourth-order valence-corrected chi connectivity index (χ4v) is 7.11. The minimum atomic E-state index is -1.06. The van der Waals surface area contributed by atoms with Gasteiger partial charge in [-0.05, 0) is 97.7 Å². The van der Waals surface area contributed by atoms with Crippen molar-refractivity contribution in [3.63, 3.8) is 0 Å². The number of benzene rings is 2. The van der Waals surface area contributed by atoms with Crippen LogP contribution in [0.5, 0.6) is 5.75 Å². The number of carbonyl (C=O) groups excluding carboxylic acids is 1. The van der Waals surface area contributed by atoms with E-state index < -0.39 is 5.97 Å². The smallest absolute Gasteiger partial charge is 0.355 e. The standard InChI is InChI=1S/C33H39N5O4S/c1-18(2)38-30(29(33(41)42)34-36-38)23-14-22-15-24(39)11-13-25(22)31-28(20-8-6-5-7-9-20)26-12-10-21(16-27(26)37(31)17-23)32(40)35-43-19(3)4/h10-16,18-20,34,36,39H,5-9,17H2,1-4H3,(H,35,40)(H,41,42). The molecule has 3 aliphatic rings. The molecule has 0 radical (unpaired) electrons. The number of hydrazine groups is 2. The lowest BCUT2D eigenvalue weighted by atomic mass is 9.81. The number of amides is 1. The minimum absolute atomic E-state index is 0.0421. The number of phenols is 1. The van der Waals surface area contributed by atoms with Crippen LogP contribution in [0.2, 0.25) is 0 Å². The SMILES string of the molecule is CC(C)SNC(=O)c1ccc2c(C3CCCCC3)c3n(c2c1)CC(C1=C(C(=O)O)NNN1C(C)C)=Cc1cc(O)ccc1-3. The highest BCUT2D eigenvalue weighted by molar-refractivity contribution is 7.98. The molecule has 0 unspecified atom stereocenters. The highest BCUT2D eigenvalue weighted by Gasteiger charge is 2.35. The summed E-state index contributed by atoms with van der Waals surface area (Å²) in [6.07, 6.45) is 7.76. The normalized spacial score (nSPS) is 17.2. The number of carboxylic acids is 1. The summed E-state index contributed by atoms with van der Waals surface area (Å²) in [4.78, 5) is 25.6. The van der Waals surface area contributed by atoms with E-state index in [4.69, 9.17) is 0 Å². The molecule has 0 atom stereocenters. The van der Waals surface area contributed by atoms with Gasteiger partial charge in [0.25, 0.3) is 5.91 Å². The van der Waals surface area contributed by atoms with E-state index >= 15 is 0 Å². The number of aromatic nitrogens is 1. The topological polar surface area (TPSA) is 119 Å². The Labute approximate surface area is 256 Å². The zero-order valence-corrected chi connectivity index (χ0v) is 25.8. The fraction of sp³-hybridized carbons (Fsp3) is 0.394. The Morgan fingerprint density at radius 3 is 2.51 bits per heavy atom. The van der Waals surface area contributed by atoms with Crippen LogP contribution < -0.4 is 15.7 Å². The van der Waals surface area contributed by atoms with Crippen LogP contribution in [0, 0.1) is 0 Å². The third-order valence-electron chi connectivity index (χ3n) is 8.53. The number of carbonyl (C=O) groups is 2.